The molecule has 0 aliphatic heterocycles. The fourth-order valence-corrected chi connectivity index (χ4v) is 3.40. The lowest BCUT2D eigenvalue weighted by molar-refractivity contribution is -0.384. The van der Waals surface area contributed by atoms with Crippen molar-refractivity contribution in [2.75, 3.05) is 5.32 Å². The number of benzene rings is 2. The number of amides is 1. The van der Waals surface area contributed by atoms with Crippen LogP contribution in [0, 0.1) is 17.0 Å². The monoisotopic (exact) mass is 415 g/mol. The minimum absolute atomic E-state index is 0.132. The second kappa shape index (κ2) is 8.20. The van der Waals surface area contributed by atoms with Gasteiger partial charge in [-0.3, -0.25) is 19.7 Å². The summed E-state index contributed by atoms with van der Waals surface area (Å²) < 4.78 is 0.624. The second-order valence-electron chi connectivity index (χ2n) is 5.89. The summed E-state index contributed by atoms with van der Waals surface area (Å²) in [6.07, 6.45) is 2.73. The lowest BCUT2D eigenvalue weighted by atomic mass is 10.2. The maximum Gasteiger partial charge on any atom is 0.270 e. The molecule has 7 nitrogen and oxygen atoms in total. The van der Waals surface area contributed by atoms with Gasteiger partial charge in [-0.25, -0.2) is 0 Å². The number of carbonyl (C=O) groups is 1. The van der Waals surface area contributed by atoms with Gasteiger partial charge in [0.25, 0.3) is 17.2 Å². The van der Waals surface area contributed by atoms with E-state index in [9.17, 15) is 19.7 Å². The smallest absolute Gasteiger partial charge is 0.270 e. The average Bonchev–Trinajstić information content (AvgIpc) is 2.97. The number of thiazole rings is 1. The van der Waals surface area contributed by atoms with Crippen LogP contribution in [0.25, 0.3) is 12.2 Å². The summed E-state index contributed by atoms with van der Waals surface area (Å²) in [7, 11) is 0. The molecule has 28 heavy (non-hydrogen) atoms. The molecule has 0 saturated heterocycles. The van der Waals surface area contributed by atoms with Crippen LogP contribution >= 0.6 is 22.9 Å². The maximum absolute atomic E-state index is 12.1. The van der Waals surface area contributed by atoms with Gasteiger partial charge in [0.2, 0.25) is 0 Å². The van der Waals surface area contributed by atoms with Crippen LogP contribution in [0.4, 0.5) is 11.4 Å². The van der Waals surface area contributed by atoms with E-state index in [0.717, 1.165) is 16.9 Å². The molecule has 3 aromatic rings. The first-order valence-corrected chi connectivity index (χ1v) is 9.25. The number of hydrogen-bond donors (Lipinski definition) is 2. The predicted octanol–water partition coefficient (Wildman–Crippen LogP) is 2.55. The number of nitro groups is 1. The number of aromatic amines is 1. The van der Waals surface area contributed by atoms with Gasteiger partial charge in [0.15, 0.2) is 0 Å². The number of aryl methyl sites for hydroxylation is 1. The standard InChI is InChI=1S/C19H14ClN3O4S/c1-11-2-4-13(5-3-11)21-17(24)10-18-22-19(25)16(28-18)9-12-8-14(23(26)27)6-7-15(12)20/h2-10H,1H3,(H,21,24)(H,22,25)/b16-9+,18-10+. The third-order valence-corrected chi connectivity index (χ3v) is 5.05. The largest absolute Gasteiger partial charge is 0.322 e. The number of anilines is 1. The van der Waals surface area contributed by atoms with E-state index in [2.05, 4.69) is 10.3 Å². The summed E-state index contributed by atoms with van der Waals surface area (Å²) >= 11 is 7.11. The highest BCUT2D eigenvalue weighted by Crippen LogP contribution is 2.22. The predicted molar refractivity (Wildman–Crippen MR) is 110 cm³/mol. The van der Waals surface area contributed by atoms with Crippen molar-refractivity contribution in [3.8, 4) is 0 Å². The Morgan fingerprint density at radius 3 is 2.64 bits per heavy atom. The molecule has 0 aliphatic carbocycles. The van der Waals surface area contributed by atoms with E-state index >= 15 is 0 Å². The van der Waals surface area contributed by atoms with Crippen molar-refractivity contribution in [3.05, 3.63) is 88.3 Å². The fourth-order valence-electron chi connectivity index (χ4n) is 2.36. The third kappa shape index (κ3) is 4.73. The molecule has 0 saturated carbocycles. The molecule has 0 aliphatic rings. The minimum Gasteiger partial charge on any atom is -0.322 e. The van der Waals surface area contributed by atoms with Crippen LogP contribution in [-0.2, 0) is 4.79 Å². The van der Waals surface area contributed by atoms with Crippen molar-refractivity contribution in [1.82, 2.24) is 4.98 Å². The van der Waals surface area contributed by atoms with Gasteiger partial charge >= 0.3 is 0 Å². The first-order chi connectivity index (χ1) is 13.3. The van der Waals surface area contributed by atoms with Gasteiger partial charge in [-0.2, -0.15) is 0 Å². The summed E-state index contributed by atoms with van der Waals surface area (Å²) in [5.74, 6) is -0.388. The molecule has 1 amide bonds. The lowest BCUT2D eigenvalue weighted by Crippen LogP contribution is -2.20. The fraction of sp³-hybridized carbons (Fsp3) is 0.0526. The summed E-state index contributed by atoms with van der Waals surface area (Å²) in [6, 6.07) is 11.3. The zero-order valence-electron chi connectivity index (χ0n) is 14.6. The highest BCUT2D eigenvalue weighted by Gasteiger charge is 2.09. The van der Waals surface area contributed by atoms with E-state index in [1.165, 1.54) is 30.4 Å². The average molecular weight is 416 g/mol. The van der Waals surface area contributed by atoms with Crippen molar-refractivity contribution in [2.45, 2.75) is 6.92 Å². The van der Waals surface area contributed by atoms with Crippen LogP contribution in [0.15, 0.2) is 47.3 Å². The van der Waals surface area contributed by atoms with E-state index in [-0.39, 0.29) is 21.1 Å². The Morgan fingerprint density at radius 2 is 1.96 bits per heavy atom. The number of halogens is 1. The molecule has 3 rings (SSSR count). The number of nitrogens with zero attached hydrogens (tertiary/aromatic N) is 1. The SMILES string of the molecule is Cc1ccc(NC(=O)/C=c2\[nH]c(=O)/c(=C\c3cc([N+](=O)[O-])ccc3Cl)s2)cc1. The molecule has 0 radical (unpaired) electrons. The van der Waals surface area contributed by atoms with Crippen LogP contribution in [0.1, 0.15) is 11.1 Å². The molecule has 0 fully saturated rings. The zero-order valence-corrected chi connectivity index (χ0v) is 16.1. The zero-order chi connectivity index (χ0) is 20.3. The molecule has 0 bridgehead atoms. The van der Waals surface area contributed by atoms with Gasteiger partial charge in [-0.05, 0) is 31.2 Å². The van der Waals surface area contributed by atoms with Crippen molar-refractivity contribution in [3.63, 3.8) is 0 Å². The van der Waals surface area contributed by atoms with E-state index in [1.54, 1.807) is 12.1 Å². The van der Waals surface area contributed by atoms with Crippen molar-refractivity contribution in [2.24, 2.45) is 0 Å². The van der Waals surface area contributed by atoms with Crippen LogP contribution in [0.2, 0.25) is 5.02 Å². The van der Waals surface area contributed by atoms with E-state index in [0.29, 0.717) is 15.9 Å². The summed E-state index contributed by atoms with van der Waals surface area (Å²) in [6.45, 7) is 1.94. The molecule has 1 heterocycles. The molecule has 2 aromatic carbocycles. The van der Waals surface area contributed by atoms with Gasteiger partial charge in [0, 0.05) is 34.5 Å². The highest BCUT2D eigenvalue weighted by molar-refractivity contribution is 7.07. The van der Waals surface area contributed by atoms with E-state index < -0.39 is 10.5 Å². The Labute approximate surface area is 167 Å². The summed E-state index contributed by atoms with van der Waals surface area (Å²) in [4.78, 5) is 37.2. The molecule has 9 heteroatoms. The first-order valence-electron chi connectivity index (χ1n) is 8.06. The Bertz CT molecular complexity index is 1230. The van der Waals surface area contributed by atoms with Gasteiger partial charge in [-0.15, -0.1) is 11.3 Å². The lowest BCUT2D eigenvalue weighted by Gasteiger charge is -2.01. The quantitative estimate of drug-likeness (QED) is 0.504. The van der Waals surface area contributed by atoms with E-state index in [1.807, 2.05) is 19.1 Å². The van der Waals surface area contributed by atoms with Crippen LogP contribution in [0.3, 0.4) is 0 Å². The first kappa shape index (κ1) is 19.5. The number of hydrogen-bond acceptors (Lipinski definition) is 5. The normalized spacial score (nSPS) is 12.2. The van der Waals surface area contributed by atoms with Gasteiger partial charge in [-0.1, -0.05) is 29.3 Å². The molecular formula is C19H14ClN3O4S. The second-order valence-corrected chi connectivity index (χ2v) is 7.38. The number of rotatable bonds is 4. The van der Waals surface area contributed by atoms with Gasteiger partial charge < -0.3 is 10.3 Å². The molecule has 0 atom stereocenters. The highest BCUT2D eigenvalue weighted by atomic mass is 35.5. The van der Waals surface area contributed by atoms with Crippen molar-refractivity contribution in [1.29, 1.82) is 0 Å². The maximum atomic E-state index is 12.1. The van der Waals surface area contributed by atoms with E-state index in [4.69, 9.17) is 11.6 Å². The number of carbonyl (C=O) groups excluding carboxylic acids is 1. The molecular weight excluding hydrogens is 402 g/mol. The summed E-state index contributed by atoms with van der Waals surface area (Å²) in [5, 5.41) is 13.9. The number of aromatic nitrogens is 1. The van der Waals surface area contributed by atoms with Crippen LogP contribution in [0.5, 0.6) is 0 Å². The number of H-pyrrole nitrogens is 1. The Morgan fingerprint density at radius 1 is 1.25 bits per heavy atom. The Balaban J connectivity index is 1.91. The summed E-state index contributed by atoms with van der Waals surface area (Å²) in [5.41, 5.74) is 1.51. The molecule has 142 valence electrons. The number of nitrogens with one attached hydrogen (secondary N) is 2. The van der Waals surface area contributed by atoms with Crippen molar-refractivity contribution >= 4 is 52.4 Å². The topological polar surface area (TPSA) is 105 Å². The molecule has 0 spiro atoms. The van der Waals surface area contributed by atoms with Crippen molar-refractivity contribution < 1.29 is 9.72 Å². The number of non-ortho nitro benzene ring substituents is 1. The molecule has 0 unspecified atom stereocenters. The van der Waals surface area contributed by atoms with Crippen LogP contribution < -0.4 is 20.1 Å². The van der Waals surface area contributed by atoms with Gasteiger partial charge in [0.05, 0.1) is 9.46 Å². The van der Waals surface area contributed by atoms with Gasteiger partial charge in [0.1, 0.15) is 4.66 Å². The minimum atomic E-state index is -0.541. The molecule has 1 aromatic heterocycles. The molecule has 2 N–H and O–H groups in total. The Hall–Kier alpha value is -3.23. The Kier molecular flexibility index (Phi) is 5.72. The number of nitro benzene ring substituents is 1. The van der Waals surface area contributed by atoms with Crippen LogP contribution in [-0.4, -0.2) is 15.8 Å². The third-order valence-electron chi connectivity index (χ3n) is 3.74.